The highest BCUT2D eigenvalue weighted by molar-refractivity contribution is 6.30. The first-order chi connectivity index (χ1) is 9.22. The quantitative estimate of drug-likeness (QED) is 0.881. The van der Waals surface area contributed by atoms with E-state index in [0.29, 0.717) is 23.0 Å². The van der Waals surface area contributed by atoms with Crippen LogP contribution in [0, 0.1) is 11.7 Å². The van der Waals surface area contributed by atoms with Gasteiger partial charge in [-0.2, -0.15) is 0 Å². The maximum absolute atomic E-state index is 13.4. The molecule has 2 aliphatic rings. The lowest BCUT2D eigenvalue weighted by Gasteiger charge is -2.27. The normalized spacial score (nSPS) is 30.7. The minimum absolute atomic E-state index is 0.275. The molecule has 3 unspecified atom stereocenters. The van der Waals surface area contributed by atoms with Crippen molar-refractivity contribution in [3.63, 3.8) is 0 Å². The van der Waals surface area contributed by atoms with E-state index >= 15 is 0 Å². The first-order valence-corrected chi connectivity index (χ1v) is 7.56. The van der Waals surface area contributed by atoms with E-state index in [9.17, 15) is 4.39 Å². The number of benzene rings is 1. The Hall–Kier alpha value is -0.800. The minimum Gasteiger partial charge on any atom is -0.382 e. The van der Waals surface area contributed by atoms with E-state index in [-0.39, 0.29) is 5.82 Å². The van der Waals surface area contributed by atoms with Crippen molar-refractivity contribution in [1.82, 2.24) is 5.32 Å². The average Bonchev–Trinajstić information content (AvgIpc) is 2.96. The molecule has 19 heavy (non-hydrogen) atoms. The van der Waals surface area contributed by atoms with Crippen LogP contribution in [0.4, 0.5) is 10.1 Å². The van der Waals surface area contributed by atoms with Crippen molar-refractivity contribution in [1.29, 1.82) is 0 Å². The van der Waals surface area contributed by atoms with Gasteiger partial charge in [-0.25, -0.2) is 4.39 Å². The third-order valence-corrected chi connectivity index (χ3v) is 4.62. The van der Waals surface area contributed by atoms with Crippen LogP contribution in [0.1, 0.15) is 32.1 Å². The molecule has 2 N–H and O–H groups in total. The predicted molar refractivity (Wildman–Crippen MR) is 77.2 cm³/mol. The molecule has 0 aromatic heterocycles. The fraction of sp³-hybridized carbons (Fsp3) is 0.600. The second kappa shape index (κ2) is 5.68. The van der Waals surface area contributed by atoms with Gasteiger partial charge in [0.1, 0.15) is 5.82 Å². The van der Waals surface area contributed by atoms with Gasteiger partial charge in [0.15, 0.2) is 0 Å². The summed E-state index contributed by atoms with van der Waals surface area (Å²) in [6.07, 6.45) is 6.23. The Kier molecular flexibility index (Phi) is 3.94. The summed E-state index contributed by atoms with van der Waals surface area (Å²) in [5.74, 6) is 0.382. The summed E-state index contributed by atoms with van der Waals surface area (Å²) in [5.41, 5.74) is 0.805. The standard InChI is InChI=1S/C15H20ClFN2/c16-10-7-11(17)9-12(8-10)19-15-4-1-3-13(15)14-5-2-6-18-14/h7-9,13-15,18-19H,1-6H2. The van der Waals surface area contributed by atoms with Crippen molar-refractivity contribution in [3.05, 3.63) is 29.0 Å². The van der Waals surface area contributed by atoms with Gasteiger partial charge in [-0.1, -0.05) is 18.0 Å². The van der Waals surface area contributed by atoms with E-state index in [1.807, 2.05) is 6.07 Å². The maximum Gasteiger partial charge on any atom is 0.126 e. The largest absolute Gasteiger partial charge is 0.382 e. The molecule has 1 aliphatic carbocycles. The molecule has 3 rings (SSSR count). The summed E-state index contributed by atoms with van der Waals surface area (Å²) >= 11 is 5.91. The molecule has 1 saturated heterocycles. The van der Waals surface area contributed by atoms with Gasteiger partial charge in [0.2, 0.25) is 0 Å². The number of hydrogen-bond donors (Lipinski definition) is 2. The molecule has 2 nitrogen and oxygen atoms in total. The molecular formula is C15H20ClFN2. The smallest absolute Gasteiger partial charge is 0.126 e. The van der Waals surface area contributed by atoms with E-state index in [4.69, 9.17) is 11.6 Å². The number of hydrogen-bond acceptors (Lipinski definition) is 2. The van der Waals surface area contributed by atoms with E-state index < -0.39 is 0 Å². The van der Waals surface area contributed by atoms with Gasteiger partial charge in [-0.3, -0.25) is 0 Å². The van der Waals surface area contributed by atoms with Crippen molar-refractivity contribution in [3.8, 4) is 0 Å². The molecule has 0 bridgehead atoms. The Labute approximate surface area is 118 Å². The van der Waals surface area contributed by atoms with Gasteiger partial charge in [-0.15, -0.1) is 0 Å². The third-order valence-electron chi connectivity index (χ3n) is 4.40. The van der Waals surface area contributed by atoms with E-state index in [2.05, 4.69) is 10.6 Å². The molecule has 1 heterocycles. The molecule has 1 aliphatic heterocycles. The van der Waals surface area contributed by atoms with Crippen molar-refractivity contribution in [2.45, 2.75) is 44.2 Å². The highest BCUT2D eigenvalue weighted by Crippen LogP contribution is 2.34. The summed E-state index contributed by atoms with van der Waals surface area (Å²) in [4.78, 5) is 0. The maximum atomic E-state index is 13.4. The molecular weight excluding hydrogens is 263 g/mol. The first-order valence-electron chi connectivity index (χ1n) is 7.18. The molecule has 1 aromatic carbocycles. The Morgan fingerprint density at radius 3 is 2.79 bits per heavy atom. The van der Waals surface area contributed by atoms with Crippen LogP contribution in [0.5, 0.6) is 0 Å². The van der Waals surface area contributed by atoms with Crippen molar-refractivity contribution in [2.75, 3.05) is 11.9 Å². The number of rotatable bonds is 3. The molecule has 1 saturated carbocycles. The number of nitrogens with one attached hydrogen (secondary N) is 2. The van der Waals surface area contributed by atoms with Gasteiger partial charge in [0, 0.05) is 22.8 Å². The second-order valence-corrected chi connectivity index (χ2v) is 6.14. The zero-order valence-electron chi connectivity index (χ0n) is 11.0. The monoisotopic (exact) mass is 282 g/mol. The van der Waals surface area contributed by atoms with Crippen LogP contribution in [0.3, 0.4) is 0 Å². The number of halogens is 2. The summed E-state index contributed by atoms with van der Waals surface area (Å²) < 4.78 is 13.4. The van der Waals surface area contributed by atoms with E-state index in [1.165, 1.54) is 37.8 Å². The van der Waals surface area contributed by atoms with E-state index in [0.717, 1.165) is 18.7 Å². The lowest BCUT2D eigenvalue weighted by molar-refractivity contribution is 0.376. The van der Waals surface area contributed by atoms with Crippen molar-refractivity contribution in [2.24, 2.45) is 5.92 Å². The topological polar surface area (TPSA) is 24.1 Å². The lowest BCUT2D eigenvalue weighted by Crippen LogP contribution is -2.38. The van der Waals surface area contributed by atoms with Crippen LogP contribution in [0.2, 0.25) is 5.02 Å². The predicted octanol–water partition coefficient (Wildman–Crippen LogP) is 3.81. The van der Waals surface area contributed by atoms with Crippen LogP contribution in [0.25, 0.3) is 0 Å². The van der Waals surface area contributed by atoms with Crippen LogP contribution >= 0.6 is 11.6 Å². The summed E-state index contributed by atoms with van der Waals surface area (Å²) in [5, 5.41) is 7.54. The molecule has 2 fully saturated rings. The van der Waals surface area contributed by atoms with Crippen molar-refractivity contribution < 1.29 is 4.39 Å². The molecule has 104 valence electrons. The summed E-state index contributed by atoms with van der Waals surface area (Å²) in [6.45, 7) is 1.14. The Morgan fingerprint density at radius 2 is 2.05 bits per heavy atom. The van der Waals surface area contributed by atoms with Crippen LogP contribution in [0.15, 0.2) is 18.2 Å². The average molecular weight is 283 g/mol. The zero-order valence-corrected chi connectivity index (χ0v) is 11.7. The van der Waals surface area contributed by atoms with E-state index in [1.54, 1.807) is 0 Å². The Morgan fingerprint density at radius 1 is 1.16 bits per heavy atom. The van der Waals surface area contributed by atoms with Crippen LogP contribution < -0.4 is 10.6 Å². The molecule has 0 amide bonds. The fourth-order valence-electron chi connectivity index (χ4n) is 3.58. The SMILES string of the molecule is Fc1cc(Cl)cc(NC2CCCC2C2CCCN2)c1. The zero-order chi connectivity index (χ0) is 13.2. The molecule has 4 heteroatoms. The highest BCUT2D eigenvalue weighted by Gasteiger charge is 2.34. The van der Waals surface area contributed by atoms with Crippen molar-refractivity contribution >= 4 is 17.3 Å². The summed E-state index contributed by atoms with van der Waals surface area (Å²) in [7, 11) is 0. The third kappa shape index (κ3) is 3.03. The first kappa shape index (κ1) is 13.2. The molecule has 3 atom stereocenters. The summed E-state index contributed by atoms with van der Waals surface area (Å²) in [6, 6.07) is 5.75. The van der Waals surface area contributed by atoms with Gasteiger partial charge >= 0.3 is 0 Å². The van der Waals surface area contributed by atoms with Crippen LogP contribution in [-0.2, 0) is 0 Å². The fourth-order valence-corrected chi connectivity index (χ4v) is 3.80. The Bertz CT molecular complexity index is 426. The number of anilines is 1. The molecule has 1 aromatic rings. The second-order valence-electron chi connectivity index (χ2n) is 5.71. The van der Waals surface area contributed by atoms with Gasteiger partial charge in [0.05, 0.1) is 0 Å². The lowest BCUT2D eigenvalue weighted by atomic mass is 9.93. The van der Waals surface area contributed by atoms with Gasteiger partial charge in [-0.05, 0) is 56.3 Å². The van der Waals surface area contributed by atoms with Crippen LogP contribution in [-0.4, -0.2) is 18.6 Å². The van der Waals surface area contributed by atoms with Gasteiger partial charge < -0.3 is 10.6 Å². The van der Waals surface area contributed by atoms with Gasteiger partial charge in [0.25, 0.3) is 0 Å². The molecule has 0 radical (unpaired) electrons. The Balaban J connectivity index is 1.70. The molecule has 0 spiro atoms. The highest BCUT2D eigenvalue weighted by atomic mass is 35.5. The minimum atomic E-state index is -0.275.